The van der Waals surface area contributed by atoms with Gasteiger partial charge in [0.1, 0.15) is 0 Å². The van der Waals surface area contributed by atoms with Gasteiger partial charge in [-0.05, 0) is 30.5 Å². The molecule has 2 aliphatic rings. The van der Waals surface area contributed by atoms with Gasteiger partial charge in [-0.1, -0.05) is 0 Å². The van der Waals surface area contributed by atoms with E-state index in [1.807, 2.05) is 7.05 Å². The quantitative estimate of drug-likeness (QED) is 0.641. The Kier molecular flexibility index (Phi) is 4.28. The maximum atomic E-state index is 9.10. The first-order valence-electron chi connectivity index (χ1n) is 6.38. The third-order valence-electron chi connectivity index (χ3n) is 3.54. The van der Waals surface area contributed by atoms with Gasteiger partial charge < -0.3 is 15.1 Å². The topological polar surface area (TPSA) is 121 Å². The molecule has 9 nitrogen and oxygen atoms in total. The van der Waals surface area contributed by atoms with Crippen molar-refractivity contribution < 1.29 is 19.8 Å². The number of carboxylic acid groups (broad SMARTS) is 2. The van der Waals surface area contributed by atoms with Crippen molar-refractivity contribution in [2.75, 3.05) is 19.6 Å². The molecule has 1 aromatic heterocycles. The lowest BCUT2D eigenvalue weighted by atomic mass is 9.91. The molecule has 110 valence electrons. The Labute approximate surface area is 115 Å². The van der Waals surface area contributed by atoms with Crippen LogP contribution in [0.15, 0.2) is 0 Å². The molecule has 0 aliphatic carbocycles. The first kappa shape index (κ1) is 14.4. The molecule has 3 rings (SSSR count). The predicted molar refractivity (Wildman–Crippen MR) is 66.0 cm³/mol. The van der Waals surface area contributed by atoms with Crippen molar-refractivity contribution in [2.24, 2.45) is 13.0 Å². The molecule has 0 amide bonds. The molecule has 3 atom stereocenters. The zero-order valence-corrected chi connectivity index (χ0v) is 11.1. The number of hydrogen-bond donors (Lipinski definition) is 2. The Morgan fingerprint density at radius 2 is 1.95 bits per heavy atom. The van der Waals surface area contributed by atoms with Crippen molar-refractivity contribution in [3.8, 4) is 0 Å². The number of nitrogens with zero attached hydrogens (tertiary/aromatic N) is 5. The molecular formula is C11H17N5O4. The van der Waals surface area contributed by atoms with Crippen LogP contribution in [0.5, 0.6) is 0 Å². The number of carboxylic acids is 2. The van der Waals surface area contributed by atoms with Gasteiger partial charge >= 0.3 is 11.9 Å². The lowest BCUT2D eigenvalue weighted by molar-refractivity contribution is -0.159. The molecule has 2 fully saturated rings. The van der Waals surface area contributed by atoms with Crippen molar-refractivity contribution in [2.45, 2.75) is 18.8 Å². The summed E-state index contributed by atoms with van der Waals surface area (Å²) in [5.41, 5.74) is 0. The Morgan fingerprint density at radius 1 is 1.25 bits per heavy atom. The number of piperidine rings is 1. The molecule has 2 aliphatic heterocycles. The van der Waals surface area contributed by atoms with E-state index in [4.69, 9.17) is 19.8 Å². The van der Waals surface area contributed by atoms with Gasteiger partial charge in [0.2, 0.25) is 0 Å². The molecule has 2 saturated heterocycles. The van der Waals surface area contributed by atoms with Gasteiger partial charge in [-0.25, -0.2) is 9.59 Å². The summed E-state index contributed by atoms with van der Waals surface area (Å²) in [5.74, 6) is -1.32. The Balaban J connectivity index is 0.000000212. The van der Waals surface area contributed by atoms with Gasteiger partial charge in [-0.15, -0.1) is 10.2 Å². The normalized spacial score (nSPS) is 27.6. The van der Waals surface area contributed by atoms with E-state index in [2.05, 4.69) is 20.3 Å². The number of fused-ring (bicyclic) bond motifs is 2. The van der Waals surface area contributed by atoms with Gasteiger partial charge in [-0.2, -0.15) is 4.80 Å². The molecule has 0 saturated carbocycles. The number of aromatic nitrogens is 4. The standard InChI is InChI=1S/C9H15N5.C2H2O4/c1-13-11-9(10-12-13)8-4-7-2-3-14(5-7)6-8;3-1(4)2(5)6/h7-8H,2-6H2,1H3;(H,3,4)(H,5,6). The Hall–Kier alpha value is -2.03. The summed E-state index contributed by atoms with van der Waals surface area (Å²) in [5, 5.41) is 27.1. The summed E-state index contributed by atoms with van der Waals surface area (Å²) in [6.45, 7) is 3.68. The highest BCUT2D eigenvalue weighted by molar-refractivity contribution is 6.27. The monoisotopic (exact) mass is 283 g/mol. The van der Waals surface area contributed by atoms with Gasteiger partial charge in [-0.3, -0.25) is 0 Å². The summed E-state index contributed by atoms with van der Waals surface area (Å²) < 4.78 is 0. The second-order valence-corrected chi connectivity index (χ2v) is 5.09. The van der Waals surface area contributed by atoms with Crippen molar-refractivity contribution in [1.29, 1.82) is 0 Å². The smallest absolute Gasteiger partial charge is 0.414 e. The van der Waals surface area contributed by atoms with Crippen LogP contribution in [0.25, 0.3) is 0 Å². The maximum absolute atomic E-state index is 9.10. The fourth-order valence-electron chi connectivity index (χ4n) is 2.71. The van der Waals surface area contributed by atoms with Crippen molar-refractivity contribution in [3.05, 3.63) is 5.82 Å². The van der Waals surface area contributed by atoms with Crippen LogP contribution in [-0.4, -0.2) is 66.9 Å². The van der Waals surface area contributed by atoms with E-state index in [9.17, 15) is 0 Å². The minimum absolute atomic E-state index is 0.518. The zero-order valence-electron chi connectivity index (χ0n) is 11.1. The molecular weight excluding hydrogens is 266 g/mol. The summed E-state index contributed by atoms with van der Waals surface area (Å²) >= 11 is 0. The number of carbonyl (C=O) groups is 2. The van der Waals surface area contributed by atoms with Crippen molar-refractivity contribution in [3.63, 3.8) is 0 Å². The molecule has 3 unspecified atom stereocenters. The van der Waals surface area contributed by atoms with Crippen LogP contribution in [0, 0.1) is 5.92 Å². The summed E-state index contributed by atoms with van der Waals surface area (Å²) in [6, 6.07) is 0. The first-order valence-corrected chi connectivity index (χ1v) is 6.38. The third kappa shape index (κ3) is 3.50. The lowest BCUT2D eigenvalue weighted by Gasteiger charge is -2.27. The average Bonchev–Trinajstić information content (AvgIpc) is 2.96. The number of rotatable bonds is 1. The minimum atomic E-state index is -1.82. The maximum Gasteiger partial charge on any atom is 0.414 e. The SMILES string of the molecule is Cn1nnc(C2CC3CCN(C3)C2)n1.O=C(O)C(=O)O. The van der Waals surface area contributed by atoms with Crippen LogP contribution >= 0.6 is 0 Å². The highest BCUT2D eigenvalue weighted by atomic mass is 16.4. The molecule has 2 bridgehead atoms. The highest BCUT2D eigenvalue weighted by Crippen LogP contribution is 2.34. The van der Waals surface area contributed by atoms with E-state index in [0.29, 0.717) is 5.92 Å². The minimum Gasteiger partial charge on any atom is -0.473 e. The van der Waals surface area contributed by atoms with E-state index in [1.54, 1.807) is 4.80 Å². The summed E-state index contributed by atoms with van der Waals surface area (Å²) in [7, 11) is 1.83. The molecule has 2 N–H and O–H groups in total. The van der Waals surface area contributed by atoms with Crippen molar-refractivity contribution >= 4 is 11.9 Å². The molecule has 1 aromatic rings. The van der Waals surface area contributed by atoms with Crippen molar-refractivity contribution in [1.82, 2.24) is 25.1 Å². The van der Waals surface area contributed by atoms with Crippen LogP contribution in [0.1, 0.15) is 24.6 Å². The van der Waals surface area contributed by atoms with Gasteiger partial charge in [0.15, 0.2) is 5.82 Å². The Bertz CT molecular complexity index is 479. The first-order chi connectivity index (χ1) is 9.45. The molecule has 0 spiro atoms. The summed E-state index contributed by atoms with van der Waals surface area (Å²) in [6.07, 6.45) is 2.61. The highest BCUT2D eigenvalue weighted by Gasteiger charge is 2.34. The lowest BCUT2D eigenvalue weighted by Crippen LogP contribution is -2.32. The van der Waals surface area contributed by atoms with E-state index in [0.717, 1.165) is 18.3 Å². The third-order valence-corrected chi connectivity index (χ3v) is 3.54. The number of tetrazole rings is 1. The molecule has 3 heterocycles. The van der Waals surface area contributed by atoms with Gasteiger partial charge in [0.25, 0.3) is 0 Å². The molecule has 0 radical (unpaired) electrons. The van der Waals surface area contributed by atoms with Gasteiger partial charge in [0.05, 0.1) is 7.05 Å². The largest absolute Gasteiger partial charge is 0.473 e. The van der Waals surface area contributed by atoms with E-state index in [1.165, 1.54) is 25.9 Å². The summed E-state index contributed by atoms with van der Waals surface area (Å²) in [4.78, 5) is 22.3. The second-order valence-electron chi connectivity index (χ2n) is 5.09. The molecule has 9 heteroatoms. The van der Waals surface area contributed by atoms with Gasteiger partial charge in [0, 0.05) is 19.0 Å². The van der Waals surface area contributed by atoms with Crippen LogP contribution in [0.4, 0.5) is 0 Å². The fourth-order valence-corrected chi connectivity index (χ4v) is 2.71. The van der Waals surface area contributed by atoms with E-state index in [-0.39, 0.29) is 0 Å². The number of hydrogen-bond acceptors (Lipinski definition) is 6. The zero-order chi connectivity index (χ0) is 14.7. The number of aryl methyl sites for hydroxylation is 1. The van der Waals surface area contributed by atoms with Crippen LogP contribution < -0.4 is 0 Å². The molecule has 20 heavy (non-hydrogen) atoms. The van der Waals surface area contributed by atoms with Crippen LogP contribution in [0.3, 0.4) is 0 Å². The second kappa shape index (κ2) is 5.95. The molecule has 0 aromatic carbocycles. The number of aliphatic carboxylic acids is 2. The predicted octanol–water partition coefficient (Wildman–Crippen LogP) is -0.825. The fraction of sp³-hybridized carbons (Fsp3) is 0.727. The van der Waals surface area contributed by atoms with Crippen LogP contribution in [-0.2, 0) is 16.6 Å². The van der Waals surface area contributed by atoms with E-state index >= 15 is 0 Å². The van der Waals surface area contributed by atoms with E-state index < -0.39 is 11.9 Å². The van der Waals surface area contributed by atoms with Crippen LogP contribution in [0.2, 0.25) is 0 Å². The Morgan fingerprint density at radius 3 is 2.45 bits per heavy atom. The average molecular weight is 283 g/mol.